The molecule has 1 aliphatic heterocycles. The second-order valence-corrected chi connectivity index (χ2v) is 10.8. The monoisotopic (exact) mass is 556 g/mol. The maximum Gasteiger partial charge on any atom is 0.317 e. The van der Waals surface area contributed by atoms with Gasteiger partial charge in [-0.25, -0.2) is 4.79 Å². The maximum absolute atomic E-state index is 13.0. The van der Waals surface area contributed by atoms with Crippen LogP contribution in [0.25, 0.3) is 5.70 Å². The van der Waals surface area contributed by atoms with Crippen LogP contribution in [0.3, 0.4) is 0 Å². The van der Waals surface area contributed by atoms with Gasteiger partial charge in [0.25, 0.3) is 0 Å². The van der Waals surface area contributed by atoms with Crippen molar-refractivity contribution in [1.29, 1.82) is 10.7 Å². The van der Waals surface area contributed by atoms with Gasteiger partial charge < -0.3 is 27.4 Å². The Bertz CT molecular complexity index is 1390. The van der Waals surface area contributed by atoms with Crippen molar-refractivity contribution in [3.63, 3.8) is 0 Å². The van der Waals surface area contributed by atoms with Crippen LogP contribution in [-0.2, 0) is 23.1 Å². The smallest absolute Gasteiger partial charge is 0.317 e. The van der Waals surface area contributed by atoms with Crippen LogP contribution in [-0.4, -0.2) is 53.8 Å². The van der Waals surface area contributed by atoms with Gasteiger partial charge in [-0.05, 0) is 85.0 Å². The third-order valence-corrected chi connectivity index (χ3v) is 8.06. The first-order valence-electron chi connectivity index (χ1n) is 13.6. The van der Waals surface area contributed by atoms with Crippen LogP contribution in [0.15, 0.2) is 43.0 Å². The van der Waals surface area contributed by atoms with Crippen molar-refractivity contribution in [2.24, 2.45) is 17.2 Å². The number of nitrogens with one attached hydrogen (secondary N) is 3. The molecule has 41 heavy (non-hydrogen) atoms. The Kier molecular flexibility index (Phi) is 8.44. The fourth-order valence-electron chi connectivity index (χ4n) is 6.12. The molecule has 3 atom stereocenters. The number of nitrogens with two attached hydrogens (primary N) is 3. The van der Waals surface area contributed by atoms with Gasteiger partial charge in [0.1, 0.15) is 11.9 Å². The standard InChI is InChI=1S/C30H36N8O3/c1-17(36-16-26(39)38-11-3-4-23(38)15-31)14-30(28(34)37-29(35)41)24-9-7-19(18(2)32)12-20(24)5-6-21-13-22(27(33)40)8-10-25(21)30/h7-10,12-13,17,23,36H,2-6,11,14,16,32H2,1H3,(H2,33,40)(H4,34,35,37,41)/t17-,23?,30?/m0/s1. The highest BCUT2D eigenvalue weighted by Crippen LogP contribution is 2.44. The topological polar surface area (TPSA) is 204 Å². The molecule has 2 unspecified atom stereocenters. The Morgan fingerprint density at radius 2 is 1.73 bits per heavy atom. The highest BCUT2D eigenvalue weighted by Gasteiger charge is 2.45. The minimum absolute atomic E-state index is 0.0122. The number of likely N-dealkylation sites (tertiary alicyclic amines) is 1. The number of hydrogen-bond acceptors (Lipinski definition) is 7. The van der Waals surface area contributed by atoms with Crippen molar-refractivity contribution in [1.82, 2.24) is 15.5 Å². The van der Waals surface area contributed by atoms with Crippen LogP contribution in [0, 0.1) is 16.7 Å². The lowest BCUT2D eigenvalue weighted by Crippen LogP contribution is -2.52. The number of fused-ring (bicyclic) bond motifs is 2. The largest absolute Gasteiger partial charge is 0.399 e. The van der Waals surface area contributed by atoms with E-state index in [0.29, 0.717) is 37.1 Å². The highest BCUT2D eigenvalue weighted by atomic mass is 16.2. The number of hydrogen-bond donors (Lipinski definition) is 6. The van der Waals surface area contributed by atoms with Crippen molar-refractivity contribution in [2.75, 3.05) is 13.1 Å². The van der Waals surface area contributed by atoms with E-state index in [1.165, 1.54) is 0 Å². The lowest BCUT2D eigenvalue weighted by Gasteiger charge is -2.39. The summed E-state index contributed by atoms with van der Waals surface area (Å²) in [6, 6.07) is 11.3. The molecule has 1 fully saturated rings. The summed E-state index contributed by atoms with van der Waals surface area (Å²) >= 11 is 0. The van der Waals surface area contributed by atoms with Gasteiger partial charge in [-0.1, -0.05) is 24.8 Å². The zero-order chi connectivity index (χ0) is 29.9. The number of rotatable bonds is 8. The van der Waals surface area contributed by atoms with E-state index in [1.807, 2.05) is 25.1 Å². The van der Waals surface area contributed by atoms with Crippen molar-refractivity contribution in [3.05, 3.63) is 76.4 Å². The molecule has 214 valence electrons. The van der Waals surface area contributed by atoms with E-state index in [2.05, 4.69) is 23.3 Å². The molecule has 9 N–H and O–H groups in total. The summed E-state index contributed by atoms with van der Waals surface area (Å²) in [5.41, 5.74) is 20.6. The van der Waals surface area contributed by atoms with Crippen LogP contribution in [0.2, 0.25) is 0 Å². The molecule has 4 amide bonds. The summed E-state index contributed by atoms with van der Waals surface area (Å²) in [5, 5.41) is 24.4. The van der Waals surface area contributed by atoms with Crippen LogP contribution < -0.4 is 27.8 Å². The highest BCUT2D eigenvalue weighted by molar-refractivity contribution is 6.04. The maximum atomic E-state index is 13.0. The lowest BCUT2D eigenvalue weighted by molar-refractivity contribution is -0.130. The Balaban J connectivity index is 1.81. The molecule has 0 radical (unpaired) electrons. The molecule has 2 aromatic carbocycles. The van der Waals surface area contributed by atoms with Gasteiger partial charge in [-0.15, -0.1) is 0 Å². The lowest BCUT2D eigenvalue weighted by atomic mass is 9.67. The Hall–Kier alpha value is -4.69. The first-order valence-corrected chi connectivity index (χ1v) is 13.6. The fraction of sp³-hybridized carbons (Fsp3) is 0.367. The number of amidine groups is 1. The molecule has 1 aliphatic carbocycles. The normalized spacial score (nSPS) is 20.1. The number of benzene rings is 2. The van der Waals surface area contributed by atoms with Crippen molar-refractivity contribution < 1.29 is 14.4 Å². The summed E-state index contributed by atoms with van der Waals surface area (Å²) in [4.78, 5) is 38.7. The number of carbonyl (C=O) groups is 3. The second kappa shape index (κ2) is 11.8. The number of amides is 4. The molecule has 0 spiro atoms. The molecule has 1 heterocycles. The van der Waals surface area contributed by atoms with Gasteiger partial charge in [0.2, 0.25) is 11.8 Å². The van der Waals surface area contributed by atoms with Crippen molar-refractivity contribution in [3.8, 4) is 6.07 Å². The molecule has 0 aromatic heterocycles. The molecular formula is C30H36N8O3. The first-order chi connectivity index (χ1) is 19.5. The summed E-state index contributed by atoms with van der Waals surface area (Å²) in [7, 11) is 0. The van der Waals surface area contributed by atoms with E-state index >= 15 is 0 Å². The van der Waals surface area contributed by atoms with Crippen LogP contribution in [0.5, 0.6) is 0 Å². The average molecular weight is 557 g/mol. The zero-order valence-corrected chi connectivity index (χ0v) is 23.1. The molecule has 1 saturated heterocycles. The molecule has 2 aliphatic rings. The van der Waals surface area contributed by atoms with Gasteiger partial charge in [-0.3, -0.25) is 20.3 Å². The predicted molar refractivity (Wildman–Crippen MR) is 156 cm³/mol. The number of nitrogens with zero attached hydrogens (tertiary/aromatic N) is 2. The van der Waals surface area contributed by atoms with E-state index in [4.69, 9.17) is 17.2 Å². The number of urea groups is 1. The van der Waals surface area contributed by atoms with E-state index in [9.17, 15) is 25.1 Å². The second-order valence-electron chi connectivity index (χ2n) is 10.8. The molecule has 2 aromatic rings. The minimum atomic E-state index is -1.21. The summed E-state index contributed by atoms with van der Waals surface area (Å²) in [6.07, 6.45) is 2.83. The quantitative estimate of drug-likeness (QED) is 0.210. The molecule has 4 rings (SSSR count). The number of carbonyl (C=O) groups excluding carboxylic acids is 3. The third kappa shape index (κ3) is 5.78. The van der Waals surface area contributed by atoms with Gasteiger partial charge >= 0.3 is 6.03 Å². The van der Waals surface area contributed by atoms with E-state index in [-0.39, 0.29) is 30.8 Å². The summed E-state index contributed by atoms with van der Waals surface area (Å²) < 4.78 is 0. The van der Waals surface area contributed by atoms with Crippen LogP contribution in [0.1, 0.15) is 64.4 Å². The van der Waals surface area contributed by atoms with Crippen molar-refractivity contribution in [2.45, 2.75) is 56.5 Å². The van der Waals surface area contributed by atoms with E-state index < -0.39 is 23.4 Å². The minimum Gasteiger partial charge on any atom is -0.399 e. The number of nitriles is 1. The SMILES string of the molecule is C=C(N)c1ccc2c(c1)CCc1cc(C(N)=O)ccc1C2(C[C@H](C)NCC(=O)N1CCCC1C#N)C(=N)NC(N)=O. The van der Waals surface area contributed by atoms with Gasteiger partial charge in [0.15, 0.2) is 0 Å². The molecular weight excluding hydrogens is 520 g/mol. The average Bonchev–Trinajstić information content (AvgIpc) is 3.37. The summed E-state index contributed by atoms with van der Waals surface area (Å²) in [5.74, 6) is -0.873. The summed E-state index contributed by atoms with van der Waals surface area (Å²) in [6.45, 7) is 6.31. The van der Waals surface area contributed by atoms with Crippen LogP contribution in [0.4, 0.5) is 4.79 Å². The van der Waals surface area contributed by atoms with E-state index in [0.717, 1.165) is 34.2 Å². The Labute approximate surface area is 239 Å². The van der Waals surface area contributed by atoms with Gasteiger partial charge in [-0.2, -0.15) is 5.26 Å². The number of primary amides is 2. The molecule has 11 heteroatoms. The first kappa shape index (κ1) is 29.3. The third-order valence-electron chi connectivity index (χ3n) is 8.06. The number of aryl methyl sites for hydroxylation is 2. The molecule has 0 bridgehead atoms. The van der Waals surface area contributed by atoms with Gasteiger partial charge in [0, 0.05) is 23.8 Å². The van der Waals surface area contributed by atoms with E-state index in [1.54, 1.807) is 23.1 Å². The van der Waals surface area contributed by atoms with Crippen LogP contribution >= 0.6 is 0 Å². The Morgan fingerprint density at radius 3 is 2.29 bits per heavy atom. The van der Waals surface area contributed by atoms with Gasteiger partial charge in [0.05, 0.1) is 18.0 Å². The van der Waals surface area contributed by atoms with Crippen molar-refractivity contribution >= 4 is 29.4 Å². The molecule has 0 saturated carbocycles. The molecule has 11 nitrogen and oxygen atoms in total. The Morgan fingerprint density at radius 1 is 1.12 bits per heavy atom. The zero-order valence-electron chi connectivity index (χ0n) is 23.1. The fourth-order valence-corrected chi connectivity index (χ4v) is 6.12. The predicted octanol–water partition coefficient (Wildman–Crippen LogP) is 1.63.